The Morgan fingerprint density at radius 2 is 2.14 bits per heavy atom. The molecule has 14 heavy (non-hydrogen) atoms. The van der Waals surface area contributed by atoms with Crippen molar-refractivity contribution in [1.82, 2.24) is 0 Å². The van der Waals surface area contributed by atoms with Crippen molar-refractivity contribution in [3.8, 4) is 5.75 Å². The largest absolute Gasteiger partial charge is 0.493 e. The Balaban J connectivity index is 2.64. The summed E-state index contributed by atoms with van der Waals surface area (Å²) in [5.41, 5.74) is 2.03. The highest BCUT2D eigenvalue weighted by atomic mass is 16.5. The zero-order valence-corrected chi connectivity index (χ0v) is 8.92. The van der Waals surface area contributed by atoms with Crippen molar-refractivity contribution in [3.63, 3.8) is 0 Å². The maximum atomic E-state index is 8.97. The minimum absolute atomic E-state index is 0.0738. The second kappa shape index (κ2) is 5.66. The second-order valence-corrected chi connectivity index (χ2v) is 3.46. The van der Waals surface area contributed by atoms with E-state index in [1.54, 1.807) is 0 Å². The van der Waals surface area contributed by atoms with Gasteiger partial charge in [-0.3, -0.25) is 0 Å². The van der Waals surface area contributed by atoms with Gasteiger partial charge in [0.2, 0.25) is 0 Å². The van der Waals surface area contributed by atoms with Crippen molar-refractivity contribution in [2.75, 3.05) is 6.61 Å². The fourth-order valence-electron chi connectivity index (χ4n) is 1.22. The molecule has 2 nitrogen and oxygen atoms in total. The molecule has 0 spiro atoms. The fourth-order valence-corrected chi connectivity index (χ4v) is 1.22. The molecule has 0 radical (unpaired) electrons. The van der Waals surface area contributed by atoms with E-state index in [1.165, 1.54) is 0 Å². The molecule has 2 heteroatoms. The quantitative estimate of drug-likeness (QED) is 0.730. The van der Waals surface area contributed by atoms with E-state index in [-0.39, 0.29) is 6.61 Å². The van der Waals surface area contributed by atoms with Crippen LogP contribution >= 0.6 is 0 Å². The van der Waals surface area contributed by atoms with E-state index in [9.17, 15) is 0 Å². The van der Waals surface area contributed by atoms with E-state index in [0.717, 1.165) is 36.3 Å². The van der Waals surface area contributed by atoms with Gasteiger partial charge in [0.25, 0.3) is 0 Å². The van der Waals surface area contributed by atoms with Crippen LogP contribution in [0.2, 0.25) is 0 Å². The molecule has 0 amide bonds. The summed E-state index contributed by atoms with van der Waals surface area (Å²) in [4.78, 5) is 0. The van der Waals surface area contributed by atoms with Gasteiger partial charge in [0.05, 0.1) is 13.2 Å². The minimum atomic E-state index is 0.0738. The van der Waals surface area contributed by atoms with Crippen LogP contribution in [0.5, 0.6) is 5.75 Å². The van der Waals surface area contributed by atoms with Crippen LogP contribution < -0.4 is 4.74 Å². The fraction of sp³-hybridized carbons (Fsp3) is 0.500. The van der Waals surface area contributed by atoms with Crippen LogP contribution in [0.1, 0.15) is 30.9 Å². The number of aryl methyl sites for hydroxylation is 1. The summed E-state index contributed by atoms with van der Waals surface area (Å²) in [6, 6.07) is 5.81. The lowest BCUT2D eigenvalue weighted by Gasteiger charge is -2.09. The molecule has 0 aliphatic heterocycles. The lowest BCUT2D eigenvalue weighted by molar-refractivity contribution is 0.278. The lowest BCUT2D eigenvalue weighted by atomic mass is 10.1. The van der Waals surface area contributed by atoms with E-state index in [4.69, 9.17) is 9.84 Å². The van der Waals surface area contributed by atoms with Crippen molar-refractivity contribution < 1.29 is 9.84 Å². The van der Waals surface area contributed by atoms with Crippen molar-refractivity contribution in [2.24, 2.45) is 0 Å². The molecule has 1 rings (SSSR count). The van der Waals surface area contributed by atoms with E-state index in [2.05, 4.69) is 6.92 Å². The molecule has 0 saturated carbocycles. The first-order chi connectivity index (χ1) is 6.77. The van der Waals surface area contributed by atoms with Crippen LogP contribution in [-0.4, -0.2) is 11.7 Å². The molecular weight excluding hydrogens is 176 g/mol. The first-order valence-corrected chi connectivity index (χ1v) is 5.11. The number of aliphatic hydroxyl groups is 1. The molecule has 0 heterocycles. The van der Waals surface area contributed by atoms with Crippen LogP contribution in [0.25, 0.3) is 0 Å². The Hall–Kier alpha value is -1.02. The van der Waals surface area contributed by atoms with Gasteiger partial charge in [-0.05, 0) is 30.5 Å². The molecule has 0 bridgehead atoms. The number of benzene rings is 1. The van der Waals surface area contributed by atoms with Crippen LogP contribution in [-0.2, 0) is 6.61 Å². The average molecular weight is 194 g/mol. The molecule has 0 unspecified atom stereocenters. The Bertz CT molecular complexity index is 282. The second-order valence-electron chi connectivity index (χ2n) is 3.46. The molecule has 0 saturated heterocycles. The first-order valence-electron chi connectivity index (χ1n) is 5.11. The summed E-state index contributed by atoms with van der Waals surface area (Å²) in [5.74, 6) is 0.894. The molecule has 1 aromatic carbocycles. The third kappa shape index (κ3) is 3.04. The zero-order chi connectivity index (χ0) is 10.4. The van der Waals surface area contributed by atoms with Crippen molar-refractivity contribution in [2.45, 2.75) is 33.3 Å². The summed E-state index contributed by atoms with van der Waals surface area (Å²) >= 11 is 0. The van der Waals surface area contributed by atoms with Crippen LogP contribution in [0.15, 0.2) is 18.2 Å². The van der Waals surface area contributed by atoms with Gasteiger partial charge in [-0.1, -0.05) is 25.5 Å². The summed E-state index contributed by atoms with van der Waals surface area (Å²) in [7, 11) is 0. The van der Waals surface area contributed by atoms with Crippen molar-refractivity contribution >= 4 is 0 Å². The van der Waals surface area contributed by atoms with E-state index < -0.39 is 0 Å². The zero-order valence-electron chi connectivity index (χ0n) is 8.92. The maximum Gasteiger partial charge on any atom is 0.122 e. The SMILES string of the molecule is CCCCOc1cc(CO)ccc1C. The van der Waals surface area contributed by atoms with Gasteiger partial charge in [-0.25, -0.2) is 0 Å². The first kappa shape index (κ1) is 11.1. The van der Waals surface area contributed by atoms with Gasteiger partial charge >= 0.3 is 0 Å². The van der Waals surface area contributed by atoms with Gasteiger partial charge in [-0.2, -0.15) is 0 Å². The highest BCUT2D eigenvalue weighted by Crippen LogP contribution is 2.19. The number of aliphatic hydroxyl groups excluding tert-OH is 1. The summed E-state index contributed by atoms with van der Waals surface area (Å²) < 4.78 is 5.61. The molecule has 1 aromatic rings. The normalized spacial score (nSPS) is 10.2. The third-order valence-electron chi connectivity index (χ3n) is 2.19. The summed E-state index contributed by atoms with van der Waals surface area (Å²) in [6.45, 7) is 4.99. The third-order valence-corrected chi connectivity index (χ3v) is 2.19. The Morgan fingerprint density at radius 1 is 1.36 bits per heavy atom. The monoisotopic (exact) mass is 194 g/mol. The van der Waals surface area contributed by atoms with Gasteiger partial charge in [0, 0.05) is 0 Å². The Labute approximate surface area is 85.5 Å². The molecular formula is C12H18O2. The van der Waals surface area contributed by atoms with Gasteiger partial charge in [0.1, 0.15) is 5.75 Å². The van der Waals surface area contributed by atoms with Crippen LogP contribution in [0.3, 0.4) is 0 Å². The van der Waals surface area contributed by atoms with Gasteiger partial charge in [-0.15, -0.1) is 0 Å². The topological polar surface area (TPSA) is 29.5 Å². The number of unbranched alkanes of at least 4 members (excludes halogenated alkanes) is 1. The molecule has 0 aromatic heterocycles. The average Bonchev–Trinajstić information content (AvgIpc) is 2.21. The number of hydrogen-bond donors (Lipinski definition) is 1. The van der Waals surface area contributed by atoms with Crippen molar-refractivity contribution in [3.05, 3.63) is 29.3 Å². The predicted octanol–water partition coefficient (Wildman–Crippen LogP) is 2.67. The number of rotatable bonds is 5. The summed E-state index contributed by atoms with van der Waals surface area (Å²) in [5, 5.41) is 8.97. The number of hydrogen-bond acceptors (Lipinski definition) is 2. The predicted molar refractivity (Wildman–Crippen MR) is 57.5 cm³/mol. The highest BCUT2D eigenvalue weighted by molar-refractivity contribution is 5.36. The van der Waals surface area contributed by atoms with Crippen molar-refractivity contribution in [1.29, 1.82) is 0 Å². The Morgan fingerprint density at radius 3 is 2.79 bits per heavy atom. The molecule has 1 N–H and O–H groups in total. The van der Waals surface area contributed by atoms with E-state index in [1.807, 2.05) is 25.1 Å². The molecule has 78 valence electrons. The maximum absolute atomic E-state index is 8.97. The smallest absolute Gasteiger partial charge is 0.122 e. The molecule has 0 aliphatic rings. The van der Waals surface area contributed by atoms with Crippen LogP contribution in [0.4, 0.5) is 0 Å². The van der Waals surface area contributed by atoms with Gasteiger partial charge in [0.15, 0.2) is 0 Å². The minimum Gasteiger partial charge on any atom is -0.493 e. The molecule has 0 aliphatic carbocycles. The van der Waals surface area contributed by atoms with Gasteiger partial charge < -0.3 is 9.84 Å². The Kier molecular flexibility index (Phi) is 4.47. The molecule has 0 atom stereocenters. The standard InChI is InChI=1S/C12H18O2/c1-3-4-7-14-12-8-11(9-13)6-5-10(12)2/h5-6,8,13H,3-4,7,9H2,1-2H3. The lowest BCUT2D eigenvalue weighted by Crippen LogP contribution is -1.99. The van der Waals surface area contributed by atoms with E-state index >= 15 is 0 Å². The van der Waals surface area contributed by atoms with Crippen LogP contribution in [0, 0.1) is 6.92 Å². The number of ether oxygens (including phenoxy) is 1. The van der Waals surface area contributed by atoms with E-state index in [0.29, 0.717) is 0 Å². The molecule has 0 fully saturated rings. The highest BCUT2D eigenvalue weighted by Gasteiger charge is 2.00. The summed E-state index contributed by atoms with van der Waals surface area (Å²) in [6.07, 6.45) is 2.21.